The van der Waals surface area contributed by atoms with Crippen LogP contribution in [-0.4, -0.2) is 42.4 Å². The van der Waals surface area contributed by atoms with E-state index in [9.17, 15) is 9.59 Å². The molecule has 1 heterocycles. The van der Waals surface area contributed by atoms with Crippen LogP contribution in [0.2, 0.25) is 0 Å². The number of para-hydroxylation sites is 1. The number of carbonyl (C=O) groups is 2. The highest BCUT2D eigenvalue weighted by atomic mass is 16.5. The van der Waals surface area contributed by atoms with Gasteiger partial charge in [0.25, 0.3) is 5.91 Å². The van der Waals surface area contributed by atoms with Crippen LogP contribution in [0.1, 0.15) is 16.1 Å². The lowest BCUT2D eigenvalue weighted by Gasteiger charge is -2.18. The average Bonchev–Trinajstić information content (AvgIpc) is 2.67. The molecule has 0 radical (unpaired) electrons. The van der Waals surface area contributed by atoms with Crippen molar-refractivity contribution in [3.05, 3.63) is 65.9 Å². The number of anilines is 1. The van der Waals surface area contributed by atoms with Crippen molar-refractivity contribution in [3.63, 3.8) is 0 Å². The standard InChI is InChI=1S/C21H21N3O3/c1-14-12-18(17-6-4-5-7-19(17)22-14)21(26)24(2)13-20(25)23-15-8-10-16(27-3)11-9-15/h4-12H,13H2,1-3H3,(H,23,25). The Morgan fingerprint density at radius 2 is 1.81 bits per heavy atom. The number of aromatic nitrogens is 1. The largest absolute Gasteiger partial charge is 0.497 e. The molecule has 1 N–H and O–H groups in total. The summed E-state index contributed by atoms with van der Waals surface area (Å²) in [6.45, 7) is 1.79. The summed E-state index contributed by atoms with van der Waals surface area (Å²) in [6, 6.07) is 16.3. The van der Waals surface area contributed by atoms with Crippen molar-refractivity contribution in [3.8, 4) is 5.75 Å². The van der Waals surface area contributed by atoms with Gasteiger partial charge in [0.1, 0.15) is 5.75 Å². The van der Waals surface area contributed by atoms with Crippen LogP contribution in [-0.2, 0) is 4.79 Å². The minimum atomic E-state index is -0.272. The first-order valence-electron chi connectivity index (χ1n) is 8.53. The van der Waals surface area contributed by atoms with E-state index >= 15 is 0 Å². The van der Waals surface area contributed by atoms with Crippen molar-refractivity contribution in [2.75, 3.05) is 26.0 Å². The molecule has 0 saturated carbocycles. The first kappa shape index (κ1) is 18.4. The number of benzene rings is 2. The fourth-order valence-corrected chi connectivity index (χ4v) is 2.85. The third kappa shape index (κ3) is 4.23. The highest BCUT2D eigenvalue weighted by molar-refractivity contribution is 6.07. The highest BCUT2D eigenvalue weighted by Crippen LogP contribution is 2.20. The summed E-state index contributed by atoms with van der Waals surface area (Å²) < 4.78 is 5.09. The van der Waals surface area contributed by atoms with Crippen LogP contribution in [0.15, 0.2) is 54.6 Å². The number of fused-ring (bicyclic) bond motifs is 1. The molecule has 2 aromatic carbocycles. The third-order valence-corrected chi connectivity index (χ3v) is 4.18. The van der Waals surface area contributed by atoms with Gasteiger partial charge < -0.3 is 15.0 Å². The quantitative estimate of drug-likeness (QED) is 0.755. The van der Waals surface area contributed by atoms with Crippen LogP contribution in [0, 0.1) is 6.92 Å². The lowest BCUT2D eigenvalue weighted by molar-refractivity contribution is -0.116. The summed E-state index contributed by atoms with van der Waals surface area (Å²) in [7, 11) is 3.19. The minimum Gasteiger partial charge on any atom is -0.497 e. The van der Waals surface area contributed by atoms with Gasteiger partial charge in [-0.1, -0.05) is 18.2 Å². The Hall–Kier alpha value is -3.41. The van der Waals surface area contributed by atoms with Crippen molar-refractivity contribution in [1.29, 1.82) is 0 Å². The number of nitrogens with one attached hydrogen (secondary N) is 1. The number of carbonyl (C=O) groups excluding carboxylic acids is 2. The van der Waals surface area contributed by atoms with Crippen molar-refractivity contribution >= 4 is 28.4 Å². The third-order valence-electron chi connectivity index (χ3n) is 4.18. The normalized spacial score (nSPS) is 10.5. The lowest BCUT2D eigenvalue weighted by atomic mass is 10.1. The van der Waals surface area contributed by atoms with Gasteiger partial charge in [-0.2, -0.15) is 0 Å². The minimum absolute atomic E-state index is 0.0550. The number of aryl methyl sites for hydroxylation is 1. The van der Waals surface area contributed by atoms with E-state index in [1.54, 1.807) is 44.5 Å². The topological polar surface area (TPSA) is 71.5 Å². The molecular weight excluding hydrogens is 342 g/mol. The van der Waals surface area contributed by atoms with Gasteiger partial charge in [0.2, 0.25) is 5.91 Å². The molecule has 3 aromatic rings. The van der Waals surface area contributed by atoms with Crippen LogP contribution in [0.3, 0.4) is 0 Å². The molecule has 0 atom stereocenters. The Balaban J connectivity index is 1.73. The summed E-state index contributed by atoms with van der Waals surface area (Å²) in [6.07, 6.45) is 0. The zero-order valence-electron chi connectivity index (χ0n) is 15.5. The van der Waals surface area contributed by atoms with Gasteiger partial charge in [0, 0.05) is 23.8 Å². The Bertz CT molecular complexity index is 984. The molecule has 0 unspecified atom stereocenters. The van der Waals surface area contributed by atoms with E-state index in [2.05, 4.69) is 10.3 Å². The van der Waals surface area contributed by atoms with Gasteiger partial charge in [-0.05, 0) is 43.3 Å². The maximum absolute atomic E-state index is 12.9. The summed E-state index contributed by atoms with van der Waals surface area (Å²) in [5.41, 5.74) is 2.70. The monoisotopic (exact) mass is 363 g/mol. The van der Waals surface area contributed by atoms with Gasteiger partial charge in [0.15, 0.2) is 0 Å². The fourth-order valence-electron chi connectivity index (χ4n) is 2.85. The van der Waals surface area contributed by atoms with E-state index in [0.717, 1.165) is 16.6 Å². The van der Waals surface area contributed by atoms with Crippen LogP contribution in [0.25, 0.3) is 10.9 Å². The number of pyridine rings is 1. The zero-order chi connectivity index (χ0) is 19.4. The molecule has 3 rings (SSSR count). The predicted molar refractivity (Wildman–Crippen MR) is 105 cm³/mol. The summed E-state index contributed by atoms with van der Waals surface area (Å²) in [5, 5.41) is 3.55. The van der Waals surface area contributed by atoms with E-state index in [-0.39, 0.29) is 18.4 Å². The smallest absolute Gasteiger partial charge is 0.254 e. The SMILES string of the molecule is COc1ccc(NC(=O)CN(C)C(=O)c2cc(C)nc3ccccc23)cc1. The maximum Gasteiger partial charge on any atom is 0.254 e. The maximum atomic E-state index is 12.9. The molecule has 0 saturated heterocycles. The molecule has 6 heteroatoms. The van der Waals surface area contributed by atoms with Crippen LogP contribution >= 0.6 is 0 Å². The molecule has 2 amide bonds. The number of nitrogens with zero attached hydrogens (tertiary/aromatic N) is 2. The van der Waals surface area contributed by atoms with E-state index in [1.165, 1.54) is 4.90 Å². The molecule has 0 aliphatic heterocycles. The molecule has 27 heavy (non-hydrogen) atoms. The summed E-state index contributed by atoms with van der Waals surface area (Å²) in [4.78, 5) is 31.0. The second kappa shape index (κ2) is 7.86. The average molecular weight is 363 g/mol. The van der Waals surface area contributed by atoms with Crippen LogP contribution in [0.5, 0.6) is 5.75 Å². The molecule has 0 fully saturated rings. The number of rotatable bonds is 5. The lowest BCUT2D eigenvalue weighted by Crippen LogP contribution is -2.35. The van der Waals surface area contributed by atoms with Crippen molar-refractivity contribution in [2.45, 2.75) is 6.92 Å². The van der Waals surface area contributed by atoms with E-state index in [0.29, 0.717) is 17.0 Å². The van der Waals surface area contributed by atoms with Crippen LogP contribution < -0.4 is 10.1 Å². The summed E-state index contributed by atoms with van der Waals surface area (Å²) >= 11 is 0. The van der Waals surface area contributed by atoms with Gasteiger partial charge in [-0.25, -0.2) is 0 Å². The molecule has 0 spiro atoms. The van der Waals surface area contributed by atoms with Gasteiger partial charge in [-0.15, -0.1) is 0 Å². The van der Waals surface area contributed by atoms with Gasteiger partial charge in [0.05, 0.1) is 24.7 Å². The molecule has 0 bridgehead atoms. The Morgan fingerprint density at radius 1 is 1.11 bits per heavy atom. The number of methoxy groups -OCH3 is 1. The first-order chi connectivity index (χ1) is 13.0. The second-order valence-electron chi connectivity index (χ2n) is 6.27. The molecule has 6 nitrogen and oxygen atoms in total. The Morgan fingerprint density at radius 3 is 2.52 bits per heavy atom. The second-order valence-corrected chi connectivity index (χ2v) is 6.27. The van der Waals surface area contributed by atoms with Crippen molar-refractivity contribution < 1.29 is 14.3 Å². The number of hydrogen-bond donors (Lipinski definition) is 1. The Labute approximate surface area is 157 Å². The number of ether oxygens (including phenoxy) is 1. The molecule has 138 valence electrons. The van der Waals surface area contributed by atoms with Gasteiger partial charge >= 0.3 is 0 Å². The van der Waals surface area contributed by atoms with E-state index in [4.69, 9.17) is 4.74 Å². The van der Waals surface area contributed by atoms with Crippen LogP contribution in [0.4, 0.5) is 5.69 Å². The van der Waals surface area contributed by atoms with Gasteiger partial charge in [-0.3, -0.25) is 14.6 Å². The predicted octanol–water partition coefficient (Wildman–Crippen LogP) is 3.26. The van der Waals surface area contributed by atoms with Crippen molar-refractivity contribution in [1.82, 2.24) is 9.88 Å². The fraction of sp³-hybridized carbons (Fsp3) is 0.190. The first-order valence-corrected chi connectivity index (χ1v) is 8.53. The van der Waals surface area contributed by atoms with E-state index < -0.39 is 0 Å². The number of likely N-dealkylation sites (N-methyl/N-ethyl adjacent to an activating group) is 1. The van der Waals surface area contributed by atoms with E-state index in [1.807, 2.05) is 31.2 Å². The molecule has 1 aromatic heterocycles. The highest BCUT2D eigenvalue weighted by Gasteiger charge is 2.18. The molecule has 0 aliphatic carbocycles. The molecular formula is C21H21N3O3. The molecule has 0 aliphatic rings. The summed E-state index contributed by atoms with van der Waals surface area (Å²) in [5.74, 6) is 0.216. The number of amides is 2. The number of hydrogen-bond acceptors (Lipinski definition) is 4. The zero-order valence-corrected chi connectivity index (χ0v) is 15.5. The Kier molecular flexibility index (Phi) is 5.35. The van der Waals surface area contributed by atoms with Crippen molar-refractivity contribution in [2.24, 2.45) is 0 Å².